The predicted molar refractivity (Wildman–Crippen MR) is 95.7 cm³/mol. The molecule has 2 N–H and O–H groups in total. The van der Waals surface area contributed by atoms with E-state index in [9.17, 15) is 9.59 Å². The molecule has 1 amide bonds. The van der Waals surface area contributed by atoms with E-state index in [1.807, 2.05) is 30.3 Å². The summed E-state index contributed by atoms with van der Waals surface area (Å²) < 4.78 is 1.18. The van der Waals surface area contributed by atoms with Gasteiger partial charge in [-0.05, 0) is 43.4 Å². The molecule has 122 valence electrons. The maximum Gasteiger partial charge on any atom is 0.283 e. The zero-order chi connectivity index (χ0) is 16.5. The fraction of sp³-hybridized carbons (Fsp3) is 0.235. The molecule has 0 radical (unpaired) electrons. The number of anilines is 2. The number of nitrogens with zero attached hydrogens (tertiary/aromatic N) is 2. The molecule has 0 saturated carbocycles. The number of amides is 1. The molecule has 4 rings (SSSR count). The second-order valence-corrected chi connectivity index (χ2v) is 6.79. The molecule has 0 saturated heterocycles. The number of carbonyl (C=O) groups is 1. The third-order valence-electron chi connectivity index (χ3n) is 4.20. The molecule has 0 fully saturated rings. The van der Waals surface area contributed by atoms with E-state index in [4.69, 9.17) is 0 Å². The third kappa shape index (κ3) is 2.46. The molecule has 1 aliphatic carbocycles. The first-order chi connectivity index (χ1) is 11.8. The number of hydrogen-bond donors (Lipinski definition) is 2. The monoisotopic (exact) mass is 340 g/mol. The van der Waals surface area contributed by atoms with E-state index in [0.717, 1.165) is 41.8 Å². The number of aryl methyl sites for hydroxylation is 2. The van der Waals surface area contributed by atoms with Crippen LogP contribution in [-0.2, 0) is 17.6 Å². The van der Waals surface area contributed by atoms with E-state index >= 15 is 0 Å². The molecular formula is C17H16N4O2S. The van der Waals surface area contributed by atoms with Crippen molar-refractivity contribution in [2.45, 2.75) is 25.7 Å². The van der Waals surface area contributed by atoms with Crippen molar-refractivity contribution >= 4 is 39.6 Å². The van der Waals surface area contributed by atoms with Crippen LogP contribution in [0.5, 0.6) is 0 Å². The van der Waals surface area contributed by atoms with Crippen molar-refractivity contribution in [2.75, 3.05) is 10.7 Å². The highest BCUT2D eigenvalue weighted by Crippen LogP contribution is 2.34. The SMILES string of the molecule is O=CNn1c(Nc2ccccc2)nc2sc3c(c2c1=O)CCCC3. The number of fused-ring (bicyclic) bond motifs is 3. The highest BCUT2D eigenvalue weighted by molar-refractivity contribution is 7.18. The first kappa shape index (κ1) is 14.9. The summed E-state index contributed by atoms with van der Waals surface area (Å²) in [5.74, 6) is 0.310. The quantitative estimate of drug-likeness (QED) is 0.716. The first-order valence-corrected chi connectivity index (χ1v) is 8.69. The largest absolute Gasteiger partial charge is 0.324 e. The average Bonchev–Trinajstić information content (AvgIpc) is 2.97. The Bertz CT molecular complexity index is 962. The van der Waals surface area contributed by atoms with Crippen LogP contribution in [0, 0.1) is 0 Å². The molecule has 3 aromatic rings. The second kappa shape index (κ2) is 6.09. The Morgan fingerprint density at radius 3 is 2.75 bits per heavy atom. The van der Waals surface area contributed by atoms with Gasteiger partial charge in [0.1, 0.15) is 4.83 Å². The fourth-order valence-electron chi connectivity index (χ4n) is 3.11. The van der Waals surface area contributed by atoms with E-state index in [-0.39, 0.29) is 5.56 Å². The summed E-state index contributed by atoms with van der Waals surface area (Å²) in [4.78, 5) is 30.5. The van der Waals surface area contributed by atoms with Crippen LogP contribution < -0.4 is 16.3 Å². The number of hydrogen-bond acceptors (Lipinski definition) is 5. The number of thiophene rings is 1. The van der Waals surface area contributed by atoms with E-state index in [0.29, 0.717) is 17.7 Å². The van der Waals surface area contributed by atoms with Crippen LogP contribution >= 0.6 is 11.3 Å². The standard InChI is InChI=1S/C17H16N4O2S/c22-10-18-21-16(23)14-12-8-4-5-9-13(12)24-15(14)20-17(21)19-11-6-2-1-3-7-11/h1-3,6-7,10H,4-5,8-9H2,(H,18,22)(H,19,20). The van der Waals surface area contributed by atoms with Crippen molar-refractivity contribution in [1.82, 2.24) is 9.66 Å². The van der Waals surface area contributed by atoms with Crippen molar-refractivity contribution < 1.29 is 4.79 Å². The highest BCUT2D eigenvalue weighted by Gasteiger charge is 2.22. The number of nitrogens with one attached hydrogen (secondary N) is 2. The summed E-state index contributed by atoms with van der Waals surface area (Å²) in [6, 6.07) is 9.44. The van der Waals surface area contributed by atoms with Gasteiger partial charge in [-0.1, -0.05) is 18.2 Å². The van der Waals surface area contributed by atoms with Crippen molar-refractivity contribution in [3.05, 3.63) is 51.1 Å². The number of benzene rings is 1. The van der Waals surface area contributed by atoms with Gasteiger partial charge in [0.25, 0.3) is 5.56 Å². The summed E-state index contributed by atoms with van der Waals surface area (Å²) >= 11 is 1.58. The minimum atomic E-state index is -0.232. The van der Waals surface area contributed by atoms with Crippen LogP contribution in [0.1, 0.15) is 23.3 Å². The molecule has 0 atom stereocenters. The molecule has 0 aliphatic heterocycles. The van der Waals surface area contributed by atoms with Gasteiger partial charge in [-0.25, -0.2) is 4.98 Å². The smallest absolute Gasteiger partial charge is 0.283 e. The Morgan fingerprint density at radius 2 is 1.96 bits per heavy atom. The third-order valence-corrected chi connectivity index (χ3v) is 5.39. The normalized spacial score (nSPS) is 13.5. The Kier molecular flexibility index (Phi) is 3.78. The molecule has 0 unspecified atom stereocenters. The van der Waals surface area contributed by atoms with Crippen LogP contribution in [0.25, 0.3) is 10.2 Å². The van der Waals surface area contributed by atoms with Crippen LogP contribution in [0.2, 0.25) is 0 Å². The van der Waals surface area contributed by atoms with Gasteiger partial charge in [-0.15, -0.1) is 11.3 Å². The van der Waals surface area contributed by atoms with Crippen LogP contribution in [0.15, 0.2) is 35.1 Å². The lowest BCUT2D eigenvalue weighted by Gasteiger charge is -2.13. The van der Waals surface area contributed by atoms with E-state index in [1.165, 1.54) is 9.55 Å². The molecule has 0 spiro atoms. The van der Waals surface area contributed by atoms with Crippen LogP contribution in [0.3, 0.4) is 0 Å². The van der Waals surface area contributed by atoms with Gasteiger partial charge in [0.05, 0.1) is 5.39 Å². The average molecular weight is 340 g/mol. The zero-order valence-electron chi connectivity index (χ0n) is 12.9. The number of carbonyl (C=O) groups excluding carboxylic acids is 1. The van der Waals surface area contributed by atoms with Crippen LogP contribution in [0.4, 0.5) is 11.6 Å². The minimum Gasteiger partial charge on any atom is -0.324 e. The van der Waals surface area contributed by atoms with Crippen molar-refractivity contribution in [1.29, 1.82) is 0 Å². The molecule has 7 heteroatoms. The first-order valence-electron chi connectivity index (χ1n) is 7.87. The van der Waals surface area contributed by atoms with Crippen molar-refractivity contribution in [2.24, 2.45) is 0 Å². The second-order valence-electron chi connectivity index (χ2n) is 5.71. The van der Waals surface area contributed by atoms with Gasteiger partial charge >= 0.3 is 0 Å². The topological polar surface area (TPSA) is 76.0 Å². The highest BCUT2D eigenvalue weighted by atomic mass is 32.1. The van der Waals surface area contributed by atoms with Gasteiger partial charge in [-0.3, -0.25) is 15.0 Å². The maximum absolute atomic E-state index is 12.9. The molecule has 0 bridgehead atoms. The van der Waals surface area contributed by atoms with Gasteiger partial charge in [0.2, 0.25) is 12.4 Å². The molecule has 6 nitrogen and oxygen atoms in total. The van der Waals surface area contributed by atoms with Gasteiger partial charge in [0, 0.05) is 10.6 Å². The molecule has 1 aromatic carbocycles. The van der Waals surface area contributed by atoms with Gasteiger partial charge < -0.3 is 5.32 Å². The molecule has 24 heavy (non-hydrogen) atoms. The lowest BCUT2D eigenvalue weighted by Crippen LogP contribution is -2.31. The number of rotatable bonds is 4. The Hall–Kier alpha value is -2.67. The van der Waals surface area contributed by atoms with Gasteiger partial charge in [-0.2, -0.15) is 4.68 Å². The lowest BCUT2D eigenvalue weighted by molar-refractivity contribution is -0.106. The fourth-order valence-corrected chi connectivity index (χ4v) is 4.36. The van der Waals surface area contributed by atoms with E-state index in [1.54, 1.807) is 11.3 Å². The van der Waals surface area contributed by atoms with Crippen molar-refractivity contribution in [3.8, 4) is 0 Å². The molecule has 2 aromatic heterocycles. The zero-order valence-corrected chi connectivity index (χ0v) is 13.7. The Balaban J connectivity index is 1.91. The summed E-state index contributed by atoms with van der Waals surface area (Å²) in [6.07, 6.45) is 4.63. The Labute approximate surface area is 142 Å². The molecule has 2 heterocycles. The summed E-state index contributed by atoms with van der Waals surface area (Å²) in [7, 11) is 0. The summed E-state index contributed by atoms with van der Waals surface area (Å²) in [5.41, 5.74) is 4.13. The Morgan fingerprint density at radius 1 is 1.17 bits per heavy atom. The number of aromatic nitrogens is 2. The number of para-hydroxylation sites is 1. The predicted octanol–water partition coefficient (Wildman–Crippen LogP) is 2.78. The summed E-state index contributed by atoms with van der Waals surface area (Å²) in [6.45, 7) is 0. The van der Waals surface area contributed by atoms with E-state index in [2.05, 4.69) is 15.7 Å². The van der Waals surface area contributed by atoms with Crippen molar-refractivity contribution in [3.63, 3.8) is 0 Å². The summed E-state index contributed by atoms with van der Waals surface area (Å²) in [5, 5.41) is 3.75. The lowest BCUT2D eigenvalue weighted by atomic mass is 9.97. The molecular weight excluding hydrogens is 324 g/mol. The maximum atomic E-state index is 12.9. The minimum absolute atomic E-state index is 0.232. The molecule has 1 aliphatic rings. The van der Waals surface area contributed by atoms with E-state index < -0.39 is 0 Å². The van der Waals surface area contributed by atoms with Crippen LogP contribution in [-0.4, -0.2) is 16.1 Å². The van der Waals surface area contributed by atoms with Gasteiger partial charge in [0.15, 0.2) is 0 Å².